The lowest BCUT2D eigenvalue weighted by Crippen LogP contribution is -2.30. The van der Waals surface area contributed by atoms with Gasteiger partial charge in [-0.15, -0.1) is 0 Å². The molecule has 0 radical (unpaired) electrons. The molecule has 0 spiro atoms. The molecule has 0 N–H and O–H groups in total. The second-order valence-corrected chi connectivity index (χ2v) is 22.7. The average molecular weight is 1090 g/mol. The summed E-state index contributed by atoms with van der Waals surface area (Å²) in [5.41, 5.74) is 0. The molecular weight excluding hydrogens is 961 g/mol. The van der Waals surface area contributed by atoms with E-state index in [1.807, 2.05) is 0 Å². The van der Waals surface area contributed by atoms with Crippen molar-refractivity contribution in [3.63, 3.8) is 0 Å². The van der Waals surface area contributed by atoms with E-state index < -0.39 is 6.10 Å². The van der Waals surface area contributed by atoms with E-state index in [-0.39, 0.29) is 31.1 Å². The van der Waals surface area contributed by atoms with Crippen LogP contribution in [0.3, 0.4) is 0 Å². The van der Waals surface area contributed by atoms with Crippen LogP contribution in [-0.4, -0.2) is 37.2 Å². The Hall–Kier alpha value is -3.15. The van der Waals surface area contributed by atoms with Crippen LogP contribution in [0.5, 0.6) is 0 Å². The van der Waals surface area contributed by atoms with Gasteiger partial charge >= 0.3 is 17.9 Å². The van der Waals surface area contributed by atoms with Crippen molar-refractivity contribution < 1.29 is 28.6 Å². The van der Waals surface area contributed by atoms with Crippen LogP contribution in [0.4, 0.5) is 0 Å². The van der Waals surface area contributed by atoms with Gasteiger partial charge < -0.3 is 14.2 Å². The third-order valence-electron chi connectivity index (χ3n) is 14.9. The van der Waals surface area contributed by atoms with Crippen LogP contribution >= 0.6 is 0 Å². The van der Waals surface area contributed by atoms with Gasteiger partial charge in [-0.25, -0.2) is 0 Å². The molecule has 0 aromatic carbocycles. The number of esters is 3. The summed E-state index contributed by atoms with van der Waals surface area (Å²) >= 11 is 0. The lowest BCUT2D eigenvalue weighted by Gasteiger charge is -2.18. The Bertz CT molecular complexity index is 1440. The Labute approximate surface area is 484 Å². The number of allylic oxidation sites excluding steroid dienone is 12. The maximum atomic E-state index is 12.9. The Morgan fingerprint density at radius 1 is 0.256 bits per heavy atom. The molecule has 0 fully saturated rings. The highest BCUT2D eigenvalue weighted by Crippen LogP contribution is 2.17. The van der Waals surface area contributed by atoms with Crippen molar-refractivity contribution in [1.82, 2.24) is 0 Å². The van der Waals surface area contributed by atoms with E-state index in [1.165, 1.54) is 225 Å². The molecule has 0 rings (SSSR count). The van der Waals surface area contributed by atoms with E-state index in [9.17, 15) is 14.4 Å². The number of ether oxygens (including phenoxy) is 3. The number of rotatable bonds is 62. The minimum atomic E-state index is -0.778. The highest BCUT2D eigenvalue weighted by molar-refractivity contribution is 5.71. The topological polar surface area (TPSA) is 78.9 Å². The first-order chi connectivity index (χ1) is 38.5. The standard InChI is InChI=1S/C72H128O6/c1-4-7-10-13-16-19-22-24-26-28-30-32-34-36-38-40-42-44-46-48-50-53-56-59-62-65-71(74)77-68-69(67-76-70(73)64-61-58-55-52-21-18-15-12-9-6-3)78-72(75)66-63-60-57-54-51-49-47-45-43-41-39-37-35-33-31-29-27-25-23-20-17-14-11-8-5-2/h22-25,28-31,34-37,69H,4-21,26-27,32-33,38-68H2,1-3H3/b24-22-,25-23-,30-28-,31-29-,36-34-,37-35-. The van der Waals surface area contributed by atoms with Gasteiger partial charge in [0.2, 0.25) is 0 Å². The second kappa shape index (κ2) is 66.4. The molecular formula is C72H128O6. The summed E-state index contributed by atoms with van der Waals surface area (Å²) in [6, 6.07) is 0. The molecule has 6 nitrogen and oxygen atoms in total. The molecule has 6 heteroatoms. The Balaban J connectivity index is 4.23. The summed E-state index contributed by atoms with van der Waals surface area (Å²) in [6.07, 6.45) is 86.3. The van der Waals surface area contributed by atoms with Crippen molar-refractivity contribution in [1.29, 1.82) is 0 Å². The van der Waals surface area contributed by atoms with Crippen LogP contribution in [0.15, 0.2) is 72.9 Å². The summed E-state index contributed by atoms with van der Waals surface area (Å²) in [7, 11) is 0. The highest BCUT2D eigenvalue weighted by atomic mass is 16.6. The van der Waals surface area contributed by atoms with Crippen molar-refractivity contribution in [2.45, 2.75) is 354 Å². The molecule has 78 heavy (non-hydrogen) atoms. The van der Waals surface area contributed by atoms with Gasteiger partial charge in [-0.1, -0.05) is 306 Å². The number of hydrogen-bond acceptors (Lipinski definition) is 6. The van der Waals surface area contributed by atoms with Crippen molar-refractivity contribution in [2.24, 2.45) is 0 Å². The maximum absolute atomic E-state index is 12.9. The second-order valence-electron chi connectivity index (χ2n) is 22.7. The summed E-state index contributed by atoms with van der Waals surface area (Å²) in [5.74, 6) is -0.868. The Kier molecular flexibility index (Phi) is 63.7. The normalized spacial score (nSPS) is 12.5. The first kappa shape index (κ1) is 74.8. The van der Waals surface area contributed by atoms with E-state index in [0.29, 0.717) is 19.3 Å². The fraction of sp³-hybridized carbons (Fsp3) is 0.792. The molecule has 1 atom stereocenters. The van der Waals surface area contributed by atoms with Crippen molar-refractivity contribution >= 4 is 17.9 Å². The van der Waals surface area contributed by atoms with Gasteiger partial charge in [-0.05, 0) is 96.3 Å². The van der Waals surface area contributed by atoms with E-state index in [4.69, 9.17) is 14.2 Å². The van der Waals surface area contributed by atoms with Crippen molar-refractivity contribution in [3.8, 4) is 0 Å². The van der Waals surface area contributed by atoms with Gasteiger partial charge in [0.1, 0.15) is 13.2 Å². The molecule has 0 heterocycles. The first-order valence-electron chi connectivity index (χ1n) is 33.9. The predicted octanol–water partition coefficient (Wildman–Crippen LogP) is 23.3. The molecule has 0 amide bonds. The number of hydrogen-bond donors (Lipinski definition) is 0. The van der Waals surface area contributed by atoms with Crippen LogP contribution in [-0.2, 0) is 28.6 Å². The largest absolute Gasteiger partial charge is 0.462 e. The minimum absolute atomic E-state index is 0.0751. The minimum Gasteiger partial charge on any atom is -0.462 e. The van der Waals surface area contributed by atoms with E-state index in [0.717, 1.165) is 83.5 Å². The van der Waals surface area contributed by atoms with E-state index >= 15 is 0 Å². The first-order valence-corrected chi connectivity index (χ1v) is 33.9. The molecule has 0 aliphatic heterocycles. The molecule has 0 aliphatic rings. The van der Waals surface area contributed by atoms with Gasteiger partial charge in [0.05, 0.1) is 0 Å². The zero-order valence-corrected chi connectivity index (χ0v) is 51.9. The number of unbranched alkanes of at least 4 members (excludes halogenated alkanes) is 39. The molecule has 1 unspecified atom stereocenters. The van der Waals surface area contributed by atoms with Crippen LogP contribution in [0.1, 0.15) is 348 Å². The zero-order chi connectivity index (χ0) is 56.4. The summed E-state index contributed by atoms with van der Waals surface area (Å²) in [6.45, 7) is 6.64. The van der Waals surface area contributed by atoms with Crippen LogP contribution in [0.2, 0.25) is 0 Å². The summed E-state index contributed by atoms with van der Waals surface area (Å²) in [5, 5.41) is 0. The van der Waals surface area contributed by atoms with Gasteiger partial charge in [-0.2, -0.15) is 0 Å². The molecule has 0 bridgehead atoms. The summed E-state index contributed by atoms with van der Waals surface area (Å²) in [4.78, 5) is 38.3. The molecule has 0 aromatic rings. The number of carbonyl (C=O) groups is 3. The fourth-order valence-corrected chi connectivity index (χ4v) is 9.81. The number of carbonyl (C=O) groups excluding carboxylic acids is 3. The maximum Gasteiger partial charge on any atom is 0.306 e. The lowest BCUT2D eigenvalue weighted by molar-refractivity contribution is -0.167. The highest BCUT2D eigenvalue weighted by Gasteiger charge is 2.19. The van der Waals surface area contributed by atoms with E-state index in [1.54, 1.807) is 0 Å². The SMILES string of the molecule is CCCCCCC/C=C\C/C=C\C/C=C\CCCCCCCCCCCCC(=O)OCC(COC(=O)CCCCCCCCCCCC)OC(=O)CCCCCCCCCCCC/C=C\C/C=C\C/C=C\CCCCCCC. The van der Waals surface area contributed by atoms with Gasteiger partial charge in [0.25, 0.3) is 0 Å². The lowest BCUT2D eigenvalue weighted by atomic mass is 10.0. The van der Waals surface area contributed by atoms with Crippen molar-refractivity contribution in [2.75, 3.05) is 13.2 Å². The third kappa shape index (κ3) is 63.7. The van der Waals surface area contributed by atoms with Crippen LogP contribution < -0.4 is 0 Å². The molecule has 0 aliphatic carbocycles. The van der Waals surface area contributed by atoms with Crippen LogP contribution in [0, 0.1) is 0 Å². The zero-order valence-electron chi connectivity index (χ0n) is 51.9. The van der Waals surface area contributed by atoms with Gasteiger partial charge in [-0.3, -0.25) is 14.4 Å². The monoisotopic (exact) mass is 1090 g/mol. The van der Waals surface area contributed by atoms with Crippen LogP contribution in [0.25, 0.3) is 0 Å². The summed E-state index contributed by atoms with van der Waals surface area (Å²) < 4.78 is 16.9. The smallest absolute Gasteiger partial charge is 0.306 e. The van der Waals surface area contributed by atoms with Crippen molar-refractivity contribution in [3.05, 3.63) is 72.9 Å². The third-order valence-corrected chi connectivity index (χ3v) is 14.9. The molecule has 0 aromatic heterocycles. The predicted molar refractivity (Wildman–Crippen MR) is 339 cm³/mol. The van der Waals surface area contributed by atoms with E-state index in [2.05, 4.69) is 93.7 Å². The quantitative estimate of drug-likeness (QED) is 0.0261. The molecule has 0 saturated heterocycles. The Morgan fingerprint density at radius 2 is 0.462 bits per heavy atom. The molecule has 0 saturated carbocycles. The molecule has 452 valence electrons. The average Bonchev–Trinajstić information content (AvgIpc) is 3.44. The Morgan fingerprint density at radius 3 is 0.718 bits per heavy atom. The van der Waals surface area contributed by atoms with Gasteiger partial charge in [0.15, 0.2) is 6.10 Å². The van der Waals surface area contributed by atoms with Gasteiger partial charge in [0, 0.05) is 19.3 Å². The fourth-order valence-electron chi connectivity index (χ4n) is 9.81.